The van der Waals surface area contributed by atoms with Crippen molar-refractivity contribution in [3.63, 3.8) is 0 Å². The lowest BCUT2D eigenvalue weighted by Gasteiger charge is -2.15. The smallest absolute Gasteiger partial charge is 0.314 e. The first-order valence-electron chi connectivity index (χ1n) is 6.55. The third kappa shape index (κ3) is 4.99. The molecule has 1 amide bonds. The Morgan fingerprint density at radius 2 is 2.29 bits per heavy atom. The van der Waals surface area contributed by atoms with Gasteiger partial charge in [0, 0.05) is 12.5 Å². The number of benzene rings is 1. The summed E-state index contributed by atoms with van der Waals surface area (Å²) in [4.78, 5) is 21.3. The predicted molar refractivity (Wildman–Crippen MR) is 74.4 cm³/mol. The molecule has 1 atom stereocenters. The lowest BCUT2D eigenvalue weighted by Crippen LogP contribution is -2.42. The second-order valence-corrected chi connectivity index (χ2v) is 4.39. The van der Waals surface area contributed by atoms with Crippen molar-refractivity contribution in [3.05, 3.63) is 34.1 Å². The molecule has 1 rings (SSSR count). The number of nitrogens with two attached hydrogens (primary N) is 1. The van der Waals surface area contributed by atoms with Crippen molar-refractivity contribution < 1.29 is 18.8 Å². The number of halogens is 1. The van der Waals surface area contributed by atoms with Crippen LogP contribution in [0.25, 0.3) is 0 Å². The number of nitro benzene ring substituents is 1. The summed E-state index contributed by atoms with van der Waals surface area (Å²) in [5.41, 5.74) is 4.77. The Labute approximate surface area is 121 Å². The molecule has 0 fully saturated rings. The van der Waals surface area contributed by atoms with Gasteiger partial charge in [0.15, 0.2) is 5.82 Å². The Hall–Kier alpha value is -2.22. The van der Waals surface area contributed by atoms with Gasteiger partial charge in [0.25, 0.3) is 0 Å². The van der Waals surface area contributed by atoms with Gasteiger partial charge < -0.3 is 15.8 Å². The quantitative estimate of drug-likeness (QED) is 0.528. The zero-order valence-corrected chi connectivity index (χ0v) is 11.7. The van der Waals surface area contributed by atoms with Crippen LogP contribution < -0.4 is 15.8 Å². The van der Waals surface area contributed by atoms with Crippen LogP contribution >= 0.6 is 0 Å². The molecule has 8 heteroatoms. The summed E-state index contributed by atoms with van der Waals surface area (Å²) in [6.07, 6.45) is 1.02. The van der Waals surface area contributed by atoms with Crippen molar-refractivity contribution in [3.8, 4) is 5.75 Å². The van der Waals surface area contributed by atoms with Gasteiger partial charge in [0.1, 0.15) is 0 Å². The molecular formula is C13H18FN3O4. The molecule has 0 aliphatic heterocycles. The summed E-state index contributed by atoms with van der Waals surface area (Å²) in [6, 6.07) is 2.84. The average Bonchev–Trinajstić information content (AvgIpc) is 2.43. The highest BCUT2D eigenvalue weighted by atomic mass is 19.1. The number of nitrogens with zero attached hydrogens (tertiary/aromatic N) is 1. The van der Waals surface area contributed by atoms with E-state index >= 15 is 0 Å². The van der Waals surface area contributed by atoms with E-state index in [1.807, 2.05) is 6.92 Å². The Bertz CT molecular complexity index is 510. The molecular weight excluding hydrogens is 281 g/mol. The number of hydrogen-bond donors (Lipinski definition) is 2. The summed E-state index contributed by atoms with van der Waals surface area (Å²) in [5, 5.41) is 13.7. The fourth-order valence-electron chi connectivity index (χ4n) is 1.73. The van der Waals surface area contributed by atoms with Gasteiger partial charge >= 0.3 is 5.69 Å². The molecule has 0 spiro atoms. The SMILES string of the molecule is CCCNC(CCOc1c(F)cccc1[N+](=O)[O-])C(N)=O. The lowest BCUT2D eigenvalue weighted by atomic mass is 10.2. The number of nitrogens with one attached hydrogen (secondary N) is 1. The maximum Gasteiger partial charge on any atom is 0.314 e. The summed E-state index contributed by atoms with van der Waals surface area (Å²) < 4.78 is 18.7. The first-order valence-corrected chi connectivity index (χ1v) is 6.55. The highest BCUT2D eigenvalue weighted by molar-refractivity contribution is 5.79. The zero-order valence-electron chi connectivity index (χ0n) is 11.7. The van der Waals surface area contributed by atoms with Crippen LogP contribution in [-0.4, -0.2) is 30.0 Å². The van der Waals surface area contributed by atoms with Gasteiger partial charge in [-0.3, -0.25) is 14.9 Å². The van der Waals surface area contributed by atoms with Crippen molar-refractivity contribution in [2.24, 2.45) is 5.73 Å². The number of ether oxygens (including phenoxy) is 1. The number of amides is 1. The van der Waals surface area contributed by atoms with Crippen LogP contribution in [0.2, 0.25) is 0 Å². The minimum atomic E-state index is -0.818. The fraction of sp³-hybridized carbons (Fsp3) is 0.462. The van der Waals surface area contributed by atoms with Gasteiger partial charge in [-0.2, -0.15) is 0 Å². The highest BCUT2D eigenvalue weighted by Crippen LogP contribution is 2.29. The molecule has 0 bridgehead atoms. The maximum absolute atomic E-state index is 13.6. The molecule has 0 aromatic heterocycles. The Balaban J connectivity index is 2.66. The van der Waals surface area contributed by atoms with Gasteiger partial charge in [0.2, 0.25) is 11.7 Å². The molecule has 116 valence electrons. The van der Waals surface area contributed by atoms with Crippen LogP contribution in [0, 0.1) is 15.9 Å². The van der Waals surface area contributed by atoms with E-state index in [9.17, 15) is 19.3 Å². The molecule has 1 unspecified atom stereocenters. The Morgan fingerprint density at radius 3 is 2.86 bits per heavy atom. The largest absolute Gasteiger partial charge is 0.485 e. The molecule has 0 saturated carbocycles. The molecule has 21 heavy (non-hydrogen) atoms. The van der Waals surface area contributed by atoms with Gasteiger partial charge in [-0.25, -0.2) is 4.39 Å². The van der Waals surface area contributed by atoms with Crippen LogP contribution in [0.3, 0.4) is 0 Å². The number of nitro groups is 1. The summed E-state index contributed by atoms with van der Waals surface area (Å²) >= 11 is 0. The number of rotatable bonds is 9. The first kappa shape index (κ1) is 16.8. The van der Waals surface area contributed by atoms with Crippen LogP contribution in [0.1, 0.15) is 19.8 Å². The zero-order chi connectivity index (χ0) is 15.8. The number of carbonyl (C=O) groups is 1. The molecule has 7 nitrogen and oxygen atoms in total. The van der Waals surface area contributed by atoms with E-state index in [4.69, 9.17) is 10.5 Å². The number of para-hydroxylation sites is 1. The van der Waals surface area contributed by atoms with E-state index in [0.717, 1.165) is 18.6 Å². The fourth-order valence-corrected chi connectivity index (χ4v) is 1.73. The van der Waals surface area contributed by atoms with E-state index in [2.05, 4.69) is 5.32 Å². The highest BCUT2D eigenvalue weighted by Gasteiger charge is 2.20. The summed E-state index contributed by atoms with van der Waals surface area (Å²) in [5.74, 6) is -1.79. The second kappa shape index (κ2) is 8.15. The van der Waals surface area contributed by atoms with E-state index < -0.39 is 34.1 Å². The average molecular weight is 299 g/mol. The van der Waals surface area contributed by atoms with Crippen LogP contribution in [0.5, 0.6) is 5.75 Å². The molecule has 0 radical (unpaired) electrons. The molecule has 0 aliphatic carbocycles. The van der Waals surface area contributed by atoms with Crippen molar-refractivity contribution >= 4 is 11.6 Å². The lowest BCUT2D eigenvalue weighted by molar-refractivity contribution is -0.386. The number of hydrogen-bond acceptors (Lipinski definition) is 5. The molecule has 0 aliphatic rings. The molecule has 3 N–H and O–H groups in total. The topological polar surface area (TPSA) is 107 Å². The van der Waals surface area contributed by atoms with Crippen LogP contribution in [0.4, 0.5) is 10.1 Å². The molecule has 1 aromatic rings. The monoisotopic (exact) mass is 299 g/mol. The van der Waals surface area contributed by atoms with Crippen LogP contribution in [-0.2, 0) is 4.79 Å². The van der Waals surface area contributed by atoms with Crippen molar-refractivity contribution in [1.29, 1.82) is 0 Å². The molecule has 0 heterocycles. The van der Waals surface area contributed by atoms with E-state index in [-0.39, 0.29) is 13.0 Å². The maximum atomic E-state index is 13.6. The van der Waals surface area contributed by atoms with E-state index in [1.54, 1.807) is 0 Å². The van der Waals surface area contributed by atoms with E-state index in [0.29, 0.717) is 6.54 Å². The van der Waals surface area contributed by atoms with Crippen molar-refractivity contribution in [2.45, 2.75) is 25.8 Å². The minimum absolute atomic E-state index is 0.0634. The second-order valence-electron chi connectivity index (χ2n) is 4.39. The summed E-state index contributed by atoms with van der Waals surface area (Å²) in [7, 11) is 0. The van der Waals surface area contributed by atoms with Gasteiger partial charge in [0.05, 0.1) is 17.6 Å². The predicted octanol–water partition coefficient (Wildman–Crippen LogP) is 1.36. The number of carbonyl (C=O) groups excluding carboxylic acids is 1. The molecule has 1 aromatic carbocycles. The first-order chi connectivity index (χ1) is 9.97. The van der Waals surface area contributed by atoms with Crippen LogP contribution in [0.15, 0.2) is 18.2 Å². The van der Waals surface area contributed by atoms with Crippen molar-refractivity contribution in [1.82, 2.24) is 5.32 Å². The third-order valence-electron chi connectivity index (χ3n) is 2.78. The molecule has 0 saturated heterocycles. The van der Waals surface area contributed by atoms with Gasteiger partial charge in [-0.1, -0.05) is 13.0 Å². The summed E-state index contributed by atoms with van der Waals surface area (Å²) in [6.45, 7) is 2.48. The minimum Gasteiger partial charge on any atom is -0.485 e. The Morgan fingerprint density at radius 1 is 1.57 bits per heavy atom. The third-order valence-corrected chi connectivity index (χ3v) is 2.78. The normalized spacial score (nSPS) is 11.9. The number of primary amides is 1. The van der Waals surface area contributed by atoms with E-state index in [1.165, 1.54) is 6.07 Å². The standard InChI is InChI=1S/C13H18FN3O4/c1-2-7-16-10(13(15)18)6-8-21-12-9(14)4-3-5-11(12)17(19)20/h3-5,10,16H,2,6-8H2,1H3,(H2,15,18). The Kier molecular flexibility index (Phi) is 6.54. The van der Waals surface area contributed by atoms with Gasteiger partial charge in [-0.15, -0.1) is 0 Å². The van der Waals surface area contributed by atoms with Crippen molar-refractivity contribution in [2.75, 3.05) is 13.2 Å². The van der Waals surface area contributed by atoms with Gasteiger partial charge in [-0.05, 0) is 19.0 Å².